The van der Waals surface area contributed by atoms with E-state index in [0.29, 0.717) is 23.7 Å². The normalized spacial score (nSPS) is 11.1. The van der Waals surface area contributed by atoms with Gasteiger partial charge in [-0.2, -0.15) is 0 Å². The van der Waals surface area contributed by atoms with Crippen LogP contribution in [-0.4, -0.2) is 37.1 Å². The summed E-state index contributed by atoms with van der Waals surface area (Å²) in [5, 5.41) is 0. The van der Waals surface area contributed by atoms with E-state index in [2.05, 4.69) is 10.9 Å². The standard InChI is InChI=1S/C27H28N2O6/c1-3-17-33-27(32)22-11-13-23(14-12-22)34-18-25(30)28-29-26(31)19(2)35-24-15-9-21(10-16-24)20-7-5-4-6-8-20/h4-16,19H,3,17-18H2,1-2H3,(H,28,30)(H,29,31). The van der Waals surface area contributed by atoms with Crippen molar-refractivity contribution in [3.8, 4) is 22.6 Å². The molecule has 182 valence electrons. The summed E-state index contributed by atoms with van der Waals surface area (Å²) >= 11 is 0. The molecule has 8 heteroatoms. The zero-order valence-corrected chi connectivity index (χ0v) is 19.7. The summed E-state index contributed by atoms with van der Waals surface area (Å²) in [6.07, 6.45) is -0.0930. The molecule has 2 N–H and O–H groups in total. The van der Waals surface area contributed by atoms with E-state index in [0.717, 1.165) is 17.5 Å². The summed E-state index contributed by atoms with van der Waals surface area (Å²) < 4.78 is 16.1. The summed E-state index contributed by atoms with van der Waals surface area (Å²) in [4.78, 5) is 36.1. The highest BCUT2D eigenvalue weighted by atomic mass is 16.5. The molecule has 0 fully saturated rings. The molecular weight excluding hydrogens is 448 g/mol. The van der Waals surface area contributed by atoms with E-state index in [1.807, 2.05) is 49.4 Å². The van der Waals surface area contributed by atoms with Gasteiger partial charge in [0.15, 0.2) is 12.7 Å². The van der Waals surface area contributed by atoms with Gasteiger partial charge in [-0.15, -0.1) is 0 Å². The Bertz CT molecular complexity index is 1110. The van der Waals surface area contributed by atoms with Crippen molar-refractivity contribution in [2.75, 3.05) is 13.2 Å². The number of hydrogen-bond donors (Lipinski definition) is 2. The Morgan fingerprint density at radius 2 is 1.43 bits per heavy atom. The second kappa shape index (κ2) is 12.8. The Balaban J connectivity index is 1.39. The highest BCUT2D eigenvalue weighted by Crippen LogP contribution is 2.22. The van der Waals surface area contributed by atoms with Crippen molar-refractivity contribution >= 4 is 17.8 Å². The van der Waals surface area contributed by atoms with Gasteiger partial charge in [0, 0.05) is 0 Å². The molecule has 35 heavy (non-hydrogen) atoms. The molecule has 0 aliphatic heterocycles. The number of hydrazine groups is 1. The quantitative estimate of drug-likeness (QED) is 0.340. The summed E-state index contributed by atoms with van der Waals surface area (Å²) in [5.74, 6) is -0.551. The lowest BCUT2D eigenvalue weighted by molar-refractivity contribution is -0.133. The molecule has 3 aromatic rings. The first-order chi connectivity index (χ1) is 17.0. The van der Waals surface area contributed by atoms with Crippen LogP contribution >= 0.6 is 0 Å². The third-order valence-corrected chi connectivity index (χ3v) is 4.87. The zero-order chi connectivity index (χ0) is 25.0. The van der Waals surface area contributed by atoms with Crippen molar-refractivity contribution in [3.63, 3.8) is 0 Å². The average molecular weight is 477 g/mol. The Kier molecular flexibility index (Phi) is 9.24. The third kappa shape index (κ3) is 7.89. The van der Waals surface area contributed by atoms with Crippen LogP contribution in [0.5, 0.6) is 11.5 Å². The van der Waals surface area contributed by atoms with Crippen LogP contribution in [-0.2, 0) is 14.3 Å². The van der Waals surface area contributed by atoms with E-state index in [9.17, 15) is 14.4 Å². The minimum atomic E-state index is -0.834. The van der Waals surface area contributed by atoms with Gasteiger partial charge >= 0.3 is 5.97 Å². The molecular formula is C27H28N2O6. The van der Waals surface area contributed by atoms with Gasteiger partial charge in [0.25, 0.3) is 11.8 Å². The largest absolute Gasteiger partial charge is 0.484 e. The molecule has 0 aliphatic carbocycles. The Morgan fingerprint density at radius 1 is 0.800 bits per heavy atom. The highest BCUT2D eigenvalue weighted by Gasteiger charge is 2.16. The lowest BCUT2D eigenvalue weighted by Crippen LogP contribution is -2.48. The molecule has 1 unspecified atom stereocenters. The molecule has 8 nitrogen and oxygen atoms in total. The summed E-state index contributed by atoms with van der Waals surface area (Å²) in [6, 6.07) is 23.5. The number of benzene rings is 3. The minimum Gasteiger partial charge on any atom is -0.484 e. The van der Waals surface area contributed by atoms with Crippen LogP contribution in [0, 0.1) is 0 Å². The smallest absolute Gasteiger partial charge is 0.338 e. The molecule has 0 radical (unpaired) electrons. The van der Waals surface area contributed by atoms with Crippen LogP contribution in [0.25, 0.3) is 11.1 Å². The fourth-order valence-electron chi connectivity index (χ4n) is 3.00. The molecule has 0 saturated carbocycles. The van der Waals surface area contributed by atoms with Gasteiger partial charge in [0.05, 0.1) is 12.2 Å². The monoisotopic (exact) mass is 476 g/mol. The predicted octanol–water partition coefficient (Wildman–Crippen LogP) is 3.91. The van der Waals surface area contributed by atoms with Gasteiger partial charge in [-0.25, -0.2) is 4.79 Å². The van der Waals surface area contributed by atoms with Gasteiger partial charge in [0.1, 0.15) is 11.5 Å². The molecule has 0 saturated heterocycles. The van der Waals surface area contributed by atoms with Crippen molar-refractivity contribution in [2.24, 2.45) is 0 Å². The lowest BCUT2D eigenvalue weighted by Gasteiger charge is -2.15. The Morgan fingerprint density at radius 3 is 2.09 bits per heavy atom. The first-order valence-corrected chi connectivity index (χ1v) is 11.3. The average Bonchev–Trinajstić information content (AvgIpc) is 2.90. The van der Waals surface area contributed by atoms with Gasteiger partial charge in [-0.05, 0) is 60.9 Å². The van der Waals surface area contributed by atoms with Crippen LogP contribution in [0.15, 0.2) is 78.9 Å². The molecule has 2 amide bonds. The molecule has 3 rings (SSSR count). The minimum absolute atomic E-state index is 0.323. The SMILES string of the molecule is CCCOC(=O)c1ccc(OCC(=O)NNC(=O)C(C)Oc2ccc(-c3ccccc3)cc2)cc1. The number of hydrogen-bond acceptors (Lipinski definition) is 6. The topological polar surface area (TPSA) is 103 Å². The third-order valence-electron chi connectivity index (χ3n) is 4.87. The molecule has 0 aromatic heterocycles. The Labute approximate surface area is 204 Å². The zero-order valence-electron chi connectivity index (χ0n) is 19.7. The number of amides is 2. The maximum Gasteiger partial charge on any atom is 0.338 e. The lowest BCUT2D eigenvalue weighted by atomic mass is 10.1. The van der Waals surface area contributed by atoms with Crippen LogP contribution in [0.1, 0.15) is 30.6 Å². The van der Waals surface area contributed by atoms with E-state index in [1.54, 1.807) is 43.3 Å². The van der Waals surface area contributed by atoms with Crippen molar-refractivity contribution in [2.45, 2.75) is 26.4 Å². The van der Waals surface area contributed by atoms with Gasteiger partial charge in [-0.1, -0.05) is 49.4 Å². The predicted molar refractivity (Wildman–Crippen MR) is 131 cm³/mol. The van der Waals surface area contributed by atoms with Crippen molar-refractivity contribution in [3.05, 3.63) is 84.4 Å². The Hall–Kier alpha value is -4.33. The molecule has 0 bridgehead atoms. The molecule has 0 heterocycles. The molecule has 0 spiro atoms. The number of carbonyl (C=O) groups is 3. The van der Waals surface area contributed by atoms with Crippen molar-refractivity contribution in [1.29, 1.82) is 0 Å². The van der Waals surface area contributed by atoms with Gasteiger partial charge < -0.3 is 14.2 Å². The second-order valence-corrected chi connectivity index (χ2v) is 7.64. The van der Waals surface area contributed by atoms with Crippen LogP contribution in [0.4, 0.5) is 0 Å². The number of carbonyl (C=O) groups excluding carboxylic acids is 3. The maximum atomic E-state index is 12.3. The van der Waals surface area contributed by atoms with Crippen molar-refractivity contribution < 1.29 is 28.6 Å². The highest BCUT2D eigenvalue weighted by molar-refractivity contribution is 5.89. The second-order valence-electron chi connectivity index (χ2n) is 7.64. The first kappa shape index (κ1) is 25.3. The van der Waals surface area contributed by atoms with E-state index < -0.39 is 23.9 Å². The fourth-order valence-corrected chi connectivity index (χ4v) is 3.00. The van der Waals surface area contributed by atoms with Crippen molar-refractivity contribution in [1.82, 2.24) is 10.9 Å². The van der Waals surface area contributed by atoms with Crippen LogP contribution in [0.2, 0.25) is 0 Å². The maximum absolute atomic E-state index is 12.3. The van der Waals surface area contributed by atoms with Gasteiger partial charge in [-0.3, -0.25) is 20.4 Å². The summed E-state index contributed by atoms with van der Waals surface area (Å²) in [5.41, 5.74) is 7.11. The molecule has 3 aromatic carbocycles. The summed E-state index contributed by atoms with van der Waals surface area (Å²) in [7, 11) is 0. The summed E-state index contributed by atoms with van der Waals surface area (Å²) in [6.45, 7) is 3.52. The first-order valence-electron chi connectivity index (χ1n) is 11.3. The van der Waals surface area contributed by atoms with Gasteiger partial charge in [0.2, 0.25) is 0 Å². The van der Waals surface area contributed by atoms with Crippen LogP contribution < -0.4 is 20.3 Å². The van der Waals surface area contributed by atoms with Crippen LogP contribution in [0.3, 0.4) is 0 Å². The number of rotatable bonds is 10. The molecule has 1 atom stereocenters. The van der Waals surface area contributed by atoms with E-state index in [4.69, 9.17) is 14.2 Å². The van der Waals surface area contributed by atoms with E-state index in [1.165, 1.54) is 0 Å². The number of esters is 1. The fraction of sp³-hybridized carbons (Fsp3) is 0.222. The number of nitrogens with one attached hydrogen (secondary N) is 2. The van der Waals surface area contributed by atoms with E-state index in [-0.39, 0.29) is 6.61 Å². The molecule has 0 aliphatic rings. The van der Waals surface area contributed by atoms with E-state index >= 15 is 0 Å². The number of ether oxygens (including phenoxy) is 3.